The van der Waals surface area contributed by atoms with Gasteiger partial charge in [0, 0.05) is 25.1 Å². The highest BCUT2D eigenvalue weighted by molar-refractivity contribution is 5.86. The Balaban J connectivity index is 1.29. The van der Waals surface area contributed by atoms with E-state index in [1.54, 1.807) is 28.0 Å². The number of fused-ring (bicyclic) bond motifs is 1. The molecule has 8 heteroatoms. The van der Waals surface area contributed by atoms with Crippen molar-refractivity contribution in [3.63, 3.8) is 0 Å². The van der Waals surface area contributed by atoms with Crippen molar-refractivity contribution < 1.29 is 0 Å². The third-order valence-corrected chi connectivity index (χ3v) is 5.75. The summed E-state index contributed by atoms with van der Waals surface area (Å²) in [6, 6.07) is 4.11. The molecular weight excluding hydrogens is 342 g/mol. The smallest absolute Gasteiger partial charge is 0.267 e. The minimum absolute atomic E-state index is 0.0173. The highest BCUT2D eigenvalue weighted by atomic mass is 16.1. The van der Waals surface area contributed by atoms with Gasteiger partial charge in [0.1, 0.15) is 12.1 Å². The van der Waals surface area contributed by atoms with Crippen LogP contribution in [0.3, 0.4) is 0 Å². The van der Waals surface area contributed by atoms with Gasteiger partial charge in [0.15, 0.2) is 5.65 Å². The van der Waals surface area contributed by atoms with E-state index in [1.165, 1.54) is 12.8 Å². The summed E-state index contributed by atoms with van der Waals surface area (Å²) in [6.07, 6.45) is 9.63. The van der Waals surface area contributed by atoms with Crippen LogP contribution < -0.4 is 10.9 Å². The summed E-state index contributed by atoms with van der Waals surface area (Å²) in [6.45, 7) is 0. The first-order valence-electron chi connectivity index (χ1n) is 9.68. The Morgan fingerprint density at radius 3 is 2.67 bits per heavy atom. The van der Waals surface area contributed by atoms with E-state index < -0.39 is 0 Å². The van der Waals surface area contributed by atoms with Gasteiger partial charge < -0.3 is 5.32 Å². The van der Waals surface area contributed by atoms with Gasteiger partial charge in [-0.25, -0.2) is 14.6 Å². The van der Waals surface area contributed by atoms with Crippen molar-refractivity contribution in [3.05, 3.63) is 40.7 Å². The molecule has 0 amide bonds. The fourth-order valence-electron chi connectivity index (χ4n) is 4.03. The fourth-order valence-corrected chi connectivity index (χ4v) is 4.03. The lowest BCUT2D eigenvalue weighted by Gasteiger charge is -2.30. The first-order valence-corrected chi connectivity index (χ1v) is 9.68. The SMILES string of the molecule is Cn1ncc2c(NC3CCC(n4nc(C5CC5)ccc4=O)CC3)ncnc21. The second-order valence-electron chi connectivity index (χ2n) is 7.69. The van der Waals surface area contributed by atoms with Crippen molar-refractivity contribution in [1.29, 1.82) is 0 Å². The zero-order valence-electron chi connectivity index (χ0n) is 15.4. The molecule has 2 fully saturated rings. The van der Waals surface area contributed by atoms with E-state index in [2.05, 4.69) is 25.5 Å². The van der Waals surface area contributed by atoms with Crippen molar-refractivity contribution >= 4 is 16.9 Å². The van der Waals surface area contributed by atoms with Gasteiger partial charge in [0.2, 0.25) is 0 Å². The first kappa shape index (κ1) is 16.4. The first-order chi connectivity index (χ1) is 13.2. The minimum Gasteiger partial charge on any atom is -0.367 e. The average molecular weight is 365 g/mol. The summed E-state index contributed by atoms with van der Waals surface area (Å²) >= 11 is 0. The van der Waals surface area contributed by atoms with Crippen LogP contribution in [-0.2, 0) is 7.05 Å². The molecule has 1 N–H and O–H groups in total. The molecule has 2 aliphatic rings. The van der Waals surface area contributed by atoms with Crippen molar-refractivity contribution in [2.45, 2.75) is 56.5 Å². The van der Waals surface area contributed by atoms with E-state index in [9.17, 15) is 4.79 Å². The molecule has 27 heavy (non-hydrogen) atoms. The molecule has 0 saturated heterocycles. The third kappa shape index (κ3) is 3.09. The predicted octanol–water partition coefficient (Wildman–Crippen LogP) is 2.39. The molecule has 0 bridgehead atoms. The third-order valence-electron chi connectivity index (χ3n) is 5.75. The molecule has 3 aromatic heterocycles. The molecule has 5 rings (SSSR count). The molecule has 0 spiro atoms. The molecule has 2 aliphatic carbocycles. The Labute approximate surface area is 156 Å². The Morgan fingerprint density at radius 1 is 1.07 bits per heavy atom. The van der Waals surface area contributed by atoms with E-state index in [-0.39, 0.29) is 11.6 Å². The summed E-state index contributed by atoms with van der Waals surface area (Å²) in [5.74, 6) is 1.40. The zero-order chi connectivity index (χ0) is 18.4. The van der Waals surface area contributed by atoms with E-state index in [0.29, 0.717) is 12.0 Å². The van der Waals surface area contributed by atoms with Gasteiger partial charge in [-0.2, -0.15) is 10.2 Å². The minimum atomic E-state index is 0.0173. The Kier molecular flexibility index (Phi) is 3.91. The Bertz CT molecular complexity index is 1030. The largest absolute Gasteiger partial charge is 0.367 e. The topological polar surface area (TPSA) is 90.5 Å². The predicted molar refractivity (Wildman–Crippen MR) is 102 cm³/mol. The highest BCUT2D eigenvalue weighted by Gasteiger charge is 2.28. The van der Waals surface area contributed by atoms with Crippen molar-refractivity contribution in [1.82, 2.24) is 29.5 Å². The summed E-state index contributed by atoms with van der Waals surface area (Å²) in [7, 11) is 1.88. The maximum Gasteiger partial charge on any atom is 0.267 e. The number of hydrogen-bond acceptors (Lipinski definition) is 6. The molecule has 3 heterocycles. The molecule has 0 radical (unpaired) electrons. The number of rotatable bonds is 4. The van der Waals surface area contributed by atoms with Gasteiger partial charge >= 0.3 is 0 Å². The van der Waals surface area contributed by atoms with Crippen LogP contribution in [0.5, 0.6) is 0 Å². The van der Waals surface area contributed by atoms with E-state index in [1.807, 2.05) is 13.1 Å². The standard InChI is InChI=1S/C19H23N7O/c1-25-19-15(10-22-25)18(20-11-21-19)23-13-4-6-14(7-5-13)26-17(27)9-8-16(24-26)12-2-3-12/h8-14H,2-7H2,1H3,(H,20,21,23). The second-order valence-corrected chi connectivity index (χ2v) is 7.69. The Morgan fingerprint density at radius 2 is 1.89 bits per heavy atom. The number of aromatic nitrogens is 6. The zero-order valence-corrected chi connectivity index (χ0v) is 15.4. The molecule has 3 aromatic rings. The summed E-state index contributed by atoms with van der Waals surface area (Å²) in [4.78, 5) is 21.0. The van der Waals surface area contributed by atoms with Crippen LogP contribution in [0.4, 0.5) is 5.82 Å². The molecule has 0 unspecified atom stereocenters. The summed E-state index contributed by atoms with van der Waals surface area (Å²) in [5.41, 5.74) is 1.92. The van der Waals surface area contributed by atoms with Crippen LogP contribution in [-0.4, -0.2) is 35.6 Å². The number of nitrogens with zero attached hydrogens (tertiary/aromatic N) is 6. The number of aryl methyl sites for hydroxylation is 1. The van der Waals surface area contributed by atoms with Crippen LogP contribution in [0, 0.1) is 0 Å². The fraction of sp³-hybridized carbons (Fsp3) is 0.526. The van der Waals surface area contributed by atoms with Crippen molar-refractivity contribution in [2.75, 3.05) is 5.32 Å². The second kappa shape index (κ2) is 6.44. The number of nitrogens with one attached hydrogen (secondary N) is 1. The maximum atomic E-state index is 12.3. The van der Waals surface area contributed by atoms with Crippen molar-refractivity contribution in [3.8, 4) is 0 Å². The molecular formula is C19H23N7O. The maximum absolute atomic E-state index is 12.3. The summed E-state index contributed by atoms with van der Waals surface area (Å²) in [5, 5.41) is 13.4. The van der Waals surface area contributed by atoms with Crippen LogP contribution in [0.25, 0.3) is 11.0 Å². The van der Waals surface area contributed by atoms with Crippen LogP contribution >= 0.6 is 0 Å². The van der Waals surface area contributed by atoms with E-state index in [4.69, 9.17) is 0 Å². The van der Waals surface area contributed by atoms with Gasteiger partial charge in [-0.3, -0.25) is 9.48 Å². The van der Waals surface area contributed by atoms with E-state index >= 15 is 0 Å². The van der Waals surface area contributed by atoms with E-state index in [0.717, 1.165) is 48.2 Å². The Hall–Kier alpha value is -2.77. The molecule has 0 atom stereocenters. The van der Waals surface area contributed by atoms with Crippen LogP contribution in [0.1, 0.15) is 56.2 Å². The van der Waals surface area contributed by atoms with Gasteiger partial charge in [-0.05, 0) is 44.6 Å². The number of anilines is 1. The highest BCUT2D eigenvalue weighted by Crippen LogP contribution is 2.39. The van der Waals surface area contributed by atoms with Gasteiger partial charge in [0.25, 0.3) is 5.56 Å². The number of hydrogen-bond donors (Lipinski definition) is 1. The lowest BCUT2D eigenvalue weighted by molar-refractivity contribution is 0.301. The molecule has 2 saturated carbocycles. The van der Waals surface area contributed by atoms with Crippen LogP contribution in [0.2, 0.25) is 0 Å². The van der Waals surface area contributed by atoms with Crippen LogP contribution in [0.15, 0.2) is 29.5 Å². The van der Waals surface area contributed by atoms with Crippen molar-refractivity contribution in [2.24, 2.45) is 7.05 Å². The van der Waals surface area contributed by atoms with Gasteiger partial charge in [0.05, 0.1) is 23.3 Å². The molecule has 0 aromatic carbocycles. The monoisotopic (exact) mass is 365 g/mol. The summed E-state index contributed by atoms with van der Waals surface area (Å²) < 4.78 is 3.48. The van der Waals surface area contributed by atoms with Gasteiger partial charge in [-0.1, -0.05) is 0 Å². The quantitative estimate of drug-likeness (QED) is 0.763. The molecule has 8 nitrogen and oxygen atoms in total. The molecule has 0 aliphatic heterocycles. The lowest BCUT2D eigenvalue weighted by atomic mass is 9.91. The average Bonchev–Trinajstić information content (AvgIpc) is 3.47. The molecule has 140 valence electrons. The lowest BCUT2D eigenvalue weighted by Crippen LogP contribution is -2.33. The normalized spacial score (nSPS) is 22.9. The van der Waals surface area contributed by atoms with Gasteiger partial charge in [-0.15, -0.1) is 0 Å².